The lowest BCUT2D eigenvalue weighted by atomic mass is 9.72. The highest BCUT2D eigenvalue weighted by atomic mass is 19.1. The molecule has 4 heterocycles. The highest BCUT2D eigenvalue weighted by molar-refractivity contribution is 5.91. The molecule has 1 spiro atoms. The zero-order valence-corrected chi connectivity index (χ0v) is 30.7. The first-order chi connectivity index (χ1) is 24.5. The minimum atomic E-state index is -0.901. The third kappa shape index (κ3) is 7.79. The third-order valence-electron chi connectivity index (χ3n) is 10.5. The Morgan fingerprint density at radius 1 is 1.02 bits per heavy atom. The molecule has 0 saturated carbocycles. The number of nitrogens with zero attached hydrogens (tertiary/aromatic N) is 4. The van der Waals surface area contributed by atoms with E-state index in [-0.39, 0.29) is 41.9 Å². The number of aliphatic hydroxyl groups excluding tert-OH is 1. The molecule has 6 rings (SSSR count). The molecule has 13 heteroatoms. The van der Waals surface area contributed by atoms with E-state index in [1.54, 1.807) is 42.2 Å². The van der Waals surface area contributed by atoms with Crippen LogP contribution in [0.4, 0.5) is 19.4 Å². The van der Waals surface area contributed by atoms with Crippen molar-refractivity contribution in [3.05, 3.63) is 71.5 Å². The summed E-state index contributed by atoms with van der Waals surface area (Å²) >= 11 is 0. The summed E-state index contributed by atoms with van der Waals surface area (Å²) in [6.07, 6.45) is 0.652. The van der Waals surface area contributed by atoms with Crippen LogP contribution in [0, 0.1) is 23.0 Å². The van der Waals surface area contributed by atoms with Crippen LogP contribution in [0.1, 0.15) is 84.1 Å². The van der Waals surface area contributed by atoms with Crippen LogP contribution in [-0.2, 0) is 14.3 Å². The third-order valence-corrected chi connectivity index (χ3v) is 10.5. The van der Waals surface area contributed by atoms with Crippen LogP contribution in [0.2, 0.25) is 0 Å². The van der Waals surface area contributed by atoms with Crippen LogP contribution in [0.3, 0.4) is 0 Å². The van der Waals surface area contributed by atoms with Crippen LogP contribution >= 0.6 is 0 Å². The molecule has 52 heavy (non-hydrogen) atoms. The highest BCUT2D eigenvalue weighted by Crippen LogP contribution is 2.43. The van der Waals surface area contributed by atoms with Gasteiger partial charge in [0.2, 0.25) is 11.8 Å². The molecule has 0 unspecified atom stereocenters. The van der Waals surface area contributed by atoms with Gasteiger partial charge in [-0.2, -0.15) is 0 Å². The number of hydrogen-bond donors (Lipinski definition) is 2. The van der Waals surface area contributed by atoms with Gasteiger partial charge in [0, 0.05) is 50.6 Å². The van der Waals surface area contributed by atoms with E-state index in [0.717, 1.165) is 25.9 Å². The number of aliphatic hydroxyl groups is 1. The summed E-state index contributed by atoms with van der Waals surface area (Å²) in [5.41, 5.74) is 0.503. The van der Waals surface area contributed by atoms with Crippen LogP contribution in [0.25, 0.3) is 11.1 Å². The summed E-state index contributed by atoms with van der Waals surface area (Å²) in [4.78, 5) is 45.6. The number of carbonyl (C=O) groups is 3. The zero-order valence-electron chi connectivity index (χ0n) is 30.7. The van der Waals surface area contributed by atoms with Gasteiger partial charge < -0.3 is 34.4 Å². The summed E-state index contributed by atoms with van der Waals surface area (Å²) in [5.74, 6) is -1.94. The summed E-state index contributed by atoms with van der Waals surface area (Å²) in [7, 11) is 0. The number of likely N-dealkylation sites (tertiary alicyclic amines) is 2. The number of aromatic nitrogens is 1. The van der Waals surface area contributed by atoms with Gasteiger partial charge in [-0.3, -0.25) is 9.59 Å². The first kappa shape index (κ1) is 37.2. The number of ether oxygens (including phenoxy) is 1. The number of halogens is 2. The number of nitrogens with one attached hydrogen (secondary N) is 1. The Balaban J connectivity index is 1.07. The molecule has 3 aliphatic rings. The summed E-state index contributed by atoms with van der Waals surface area (Å²) in [5, 5.41) is 17.9. The van der Waals surface area contributed by atoms with Gasteiger partial charge in [-0.1, -0.05) is 49.3 Å². The summed E-state index contributed by atoms with van der Waals surface area (Å²) in [6.45, 7) is 14.0. The minimum absolute atomic E-state index is 0.00732. The van der Waals surface area contributed by atoms with Gasteiger partial charge in [0.05, 0.1) is 17.7 Å². The van der Waals surface area contributed by atoms with Crippen molar-refractivity contribution in [1.29, 1.82) is 0 Å². The van der Waals surface area contributed by atoms with Crippen molar-refractivity contribution >= 4 is 23.7 Å². The molecule has 3 fully saturated rings. The van der Waals surface area contributed by atoms with Gasteiger partial charge in [0.15, 0.2) is 11.6 Å². The second-order valence-corrected chi connectivity index (χ2v) is 16.0. The van der Waals surface area contributed by atoms with Crippen molar-refractivity contribution in [2.24, 2.45) is 11.3 Å². The second-order valence-electron chi connectivity index (χ2n) is 16.0. The number of piperidine rings is 1. The lowest BCUT2D eigenvalue weighted by molar-refractivity contribution is -0.141. The van der Waals surface area contributed by atoms with Gasteiger partial charge in [-0.25, -0.2) is 13.6 Å². The van der Waals surface area contributed by atoms with E-state index in [0.29, 0.717) is 35.8 Å². The molecule has 0 aliphatic carbocycles. The maximum atomic E-state index is 14.3. The normalized spacial score (nSPS) is 21.2. The Hall–Kier alpha value is -4.52. The van der Waals surface area contributed by atoms with E-state index in [4.69, 9.17) is 9.26 Å². The number of amides is 3. The molecule has 280 valence electrons. The zero-order chi connectivity index (χ0) is 37.5. The van der Waals surface area contributed by atoms with E-state index in [1.165, 1.54) is 23.1 Å². The monoisotopic (exact) mass is 721 g/mol. The van der Waals surface area contributed by atoms with E-state index in [1.807, 2.05) is 34.6 Å². The lowest BCUT2D eigenvalue weighted by Crippen LogP contribution is -2.61. The van der Waals surface area contributed by atoms with E-state index < -0.39 is 47.2 Å². The minimum Gasteiger partial charge on any atom is -0.444 e. The first-order valence-corrected chi connectivity index (χ1v) is 18.1. The molecule has 3 saturated heterocycles. The molecule has 2 aromatic carbocycles. The fraction of sp³-hybridized carbons (Fsp3) is 0.538. The van der Waals surface area contributed by atoms with Crippen LogP contribution in [0.15, 0.2) is 53.1 Å². The smallest absolute Gasteiger partial charge is 0.410 e. The number of β-amino-alcohol motifs (C(OH)–C–C–N with tert-alkyl or cyclic N) is 1. The summed E-state index contributed by atoms with van der Waals surface area (Å²) in [6, 6.07) is 10.7. The number of benzene rings is 2. The molecular formula is C39H49F2N5O6. The molecule has 4 atom stereocenters. The van der Waals surface area contributed by atoms with Gasteiger partial charge in [-0.15, -0.1) is 0 Å². The molecule has 3 amide bonds. The predicted molar refractivity (Wildman–Crippen MR) is 190 cm³/mol. The predicted octanol–water partition coefficient (Wildman–Crippen LogP) is 6.04. The van der Waals surface area contributed by atoms with E-state index >= 15 is 0 Å². The number of hydrogen-bond acceptors (Lipinski definition) is 8. The maximum absolute atomic E-state index is 14.3. The second kappa shape index (κ2) is 14.5. The lowest BCUT2D eigenvalue weighted by Gasteiger charge is -2.53. The average Bonchev–Trinajstić information content (AvgIpc) is 3.70. The van der Waals surface area contributed by atoms with Crippen molar-refractivity contribution in [3.63, 3.8) is 0 Å². The Morgan fingerprint density at radius 3 is 2.25 bits per heavy atom. The van der Waals surface area contributed by atoms with E-state index in [9.17, 15) is 28.3 Å². The maximum Gasteiger partial charge on any atom is 0.410 e. The van der Waals surface area contributed by atoms with Gasteiger partial charge in [0.1, 0.15) is 29.2 Å². The molecular weight excluding hydrogens is 672 g/mol. The van der Waals surface area contributed by atoms with Crippen molar-refractivity contribution in [2.45, 2.75) is 90.5 Å². The summed E-state index contributed by atoms with van der Waals surface area (Å²) < 4.78 is 39.9. The molecule has 3 aliphatic heterocycles. The number of carbonyl (C=O) groups excluding carboxylic acids is 3. The largest absolute Gasteiger partial charge is 0.444 e. The average molecular weight is 722 g/mol. The van der Waals surface area contributed by atoms with Gasteiger partial charge >= 0.3 is 6.09 Å². The van der Waals surface area contributed by atoms with E-state index in [2.05, 4.69) is 15.4 Å². The Kier molecular flexibility index (Phi) is 10.4. The van der Waals surface area contributed by atoms with Gasteiger partial charge in [0.25, 0.3) is 0 Å². The quantitative estimate of drug-likeness (QED) is 0.289. The van der Waals surface area contributed by atoms with Crippen molar-refractivity contribution < 1.29 is 37.5 Å². The molecule has 11 nitrogen and oxygen atoms in total. The molecule has 1 aromatic heterocycles. The molecule has 2 N–H and O–H groups in total. The molecule has 3 aromatic rings. The van der Waals surface area contributed by atoms with Crippen molar-refractivity contribution in [2.75, 3.05) is 37.6 Å². The van der Waals surface area contributed by atoms with Crippen LogP contribution in [0.5, 0.6) is 0 Å². The fourth-order valence-corrected chi connectivity index (χ4v) is 7.63. The highest BCUT2D eigenvalue weighted by Gasteiger charge is 2.48. The number of anilines is 1. The number of rotatable bonds is 8. The molecule has 0 bridgehead atoms. The van der Waals surface area contributed by atoms with Gasteiger partial charge in [-0.05, 0) is 69.7 Å². The van der Waals surface area contributed by atoms with Crippen LogP contribution < -0.4 is 10.2 Å². The van der Waals surface area contributed by atoms with Crippen molar-refractivity contribution in [3.8, 4) is 11.1 Å². The Morgan fingerprint density at radius 2 is 1.65 bits per heavy atom. The topological polar surface area (TPSA) is 128 Å². The Bertz CT molecular complexity index is 1750. The molecule has 0 radical (unpaired) electrons. The van der Waals surface area contributed by atoms with Crippen molar-refractivity contribution in [1.82, 2.24) is 20.3 Å². The standard InChI is InChI=1S/C39H49F2N5O6/c1-23(2)33(31-19-32(43-52-31)45-21-39(22-45)14-16-44(17-15-39)37(50)51-38(4,5)6)36(49)46-20-27(47)18-30(46)35(48)42-24(3)25-10-12-26(13-11-25)34-28(40)8-7-9-29(34)41/h7-13,19,23-24,27,30,33,47H,14-18,20-22H2,1-6H3,(H,42,48)/t24-,27+,30-,33-/m0/s1. The SMILES string of the molecule is CC(C)[C@H](C(=O)N1C[C@H](O)C[C@H]1C(=O)N[C@@H](C)c1ccc(-c2c(F)cccc2F)cc1)c1cc(N2CC3(CCN(C(=O)OC(C)(C)C)CC3)C2)no1. The first-order valence-electron chi connectivity index (χ1n) is 18.1. The Labute approximate surface area is 303 Å². The fourth-order valence-electron chi connectivity index (χ4n) is 7.63. The van der Waals surface area contributed by atoms with Crippen LogP contribution in [-0.4, -0.2) is 88.4 Å².